The first-order valence-corrected chi connectivity index (χ1v) is 4.69. The molecule has 0 aliphatic rings. The minimum absolute atomic E-state index is 0.841. The van der Waals surface area contributed by atoms with Crippen LogP contribution in [0.15, 0.2) is 0 Å². The molecule has 1 nitrogen and oxygen atoms in total. The second kappa shape index (κ2) is 4.81. The first-order chi connectivity index (χ1) is 5.02. The molecule has 0 fully saturated rings. The molecule has 11 heavy (non-hydrogen) atoms. The van der Waals surface area contributed by atoms with Gasteiger partial charge < -0.3 is 4.39 Å². The van der Waals surface area contributed by atoms with Gasteiger partial charge in [0.05, 0.1) is 6.54 Å². The minimum atomic E-state index is 0.841. The molecule has 0 aliphatic heterocycles. The van der Waals surface area contributed by atoms with Crippen LogP contribution in [-0.2, 0) is 0 Å². The van der Waals surface area contributed by atoms with Gasteiger partial charge in [0.2, 0.25) is 0 Å². The van der Waals surface area contributed by atoms with Crippen molar-refractivity contribution in [3.63, 3.8) is 0 Å². The molecule has 0 aromatic rings. The Bertz CT molecular complexity index is 102. The molecule has 0 saturated heterocycles. The lowest BCUT2D eigenvalue weighted by Crippen LogP contribution is -2.45. The number of hydrogen-bond donors (Lipinski definition) is 0. The van der Waals surface area contributed by atoms with E-state index < -0.39 is 0 Å². The van der Waals surface area contributed by atoms with E-state index in [2.05, 4.69) is 42.3 Å². The second-order valence-corrected chi connectivity index (χ2v) is 4.07. The van der Waals surface area contributed by atoms with E-state index in [1.165, 1.54) is 19.3 Å². The maximum Gasteiger partial charge on any atom is 0.445 e. The molecule has 0 amide bonds. The molecule has 65 valence electrons. The van der Waals surface area contributed by atoms with Crippen LogP contribution in [0.2, 0.25) is 6.32 Å². The van der Waals surface area contributed by atoms with Crippen LogP contribution in [0.3, 0.4) is 0 Å². The standard InChI is InChI=1S/C9H22BN/c1-6-9(3)8-11(4,5)10-7-2/h9H,6-8H2,1-5H3/q+1. The van der Waals surface area contributed by atoms with Crippen LogP contribution >= 0.6 is 0 Å². The zero-order valence-electron chi connectivity index (χ0n) is 8.72. The molecule has 0 rings (SSSR count). The highest BCUT2D eigenvalue weighted by atomic mass is 15.2. The fourth-order valence-corrected chi connectivity index (χ4v) is 1.50. The lowest BCUT2D eigenvalue weighted by atomic mass is 9.83. The Hall–Kier alpha value is 0.0249. The van der Waals surface area contributed by atoms with Crippen molar-refractivity contribution in [3.05, 3.63) is 0 Å². The van der Waals surface area contributed by atoms with Gasteiger partial charge in [-0.05, 0) is 12.7 Å². The smallest absolute Gasteiger partial charge is 0.399 e. The molecule has 2 heteroatoms. The van der Waals surface area contributed by atoms with E-state index >= 15 is 0 Å². The Labute approximate surface area is 72.6 Å². The molecule has 0 aromatic heterocycles. The van der Waals surface area contributed by atoms with Crippen LogP contribution in [0, 0.1) is 5.92 Å². The normalized spacial score (nSPS) is 14.6. The van der Waals surface area contributed by atoms with Crippen LogP contribution < -0.4 is 0 Å². The molecular formula is C9H22BN+. The van der Waals surface area contributed by atoms with Crippen molar-refractivity contribution in [1.29, 1.82) is 0 Å². The molecule has 1 atom stereocenters. The third-order valence-corrected chi connectivity index (χ3v) is 2.16. The van der Waals surface area contributed by atoms with Gasteiger partial charge in [-0.2, -0.15) is 0 Å². The van der Waals surface area contributed by atoms with Crippen molar-refractivity contribution in [2.75, 3.05) is 20.6 Å². The number of rotatable bonds is 5. The zero-order valence-corrected chi connectivity index (χ0v) is 8.72. The summed E-state index contributed by atoms with van der Waals surface area (Å²) < 4.78 is 1.06. The molecule has 0 spiro atoms. The number of hydrogen-bond acceptors (Lipinski definition) is 0. The van der Waals surface area contributed by atoms with Crippen LogP contribution in [0.25, 0.3) is 0 Å². The van der Waals surface area contributed by atoms with Gasteiger partial charge in [0.15, 0.2) is 0 Å². The van der Waals surface area contributed by atoms with Gasteiger partial charge in [-0.3, -0.25) is 0 Å². The third-order valence-electron chi connectivity index (χ3n) is 2.16. The summed E-state index contributed by atoms with van der Waals surface area (Å²) in [4.78, 5) is 0. The fourth-order valence-electron chi connectivity index (χ4n) is 1.50. The molecule has 0 aliphatic carbocycles. The van der Waals surface area contributed by atoms with Crippen molar-refractivity contribution in [2.45, 2.75) is 33.5 Å². The number of quaternary nitrogens is 1. The topological polar surface area (TPSA) is 0 Å². The lowest BCUT2D eigenvalue weighted by Gasteiger charge is -2.31. The van der Waals surface area contributed by atoms with Crippen LogP contribution in [0.5, 0.6) is 0 Å². The van der Waals surface area contributed by atoms with E-state index in [0.717, 1.165) is 10.3 Å². The molecular weight excluding hydrogens is 133 g/mol. The number of nitrogens with zero attached hydrogens (tertiary/aromatic N) is 1. The average Bonchev–Trinajstić information content (AvgIpc) is 1.86. The summed E-state index contributed by atoms with van der Waals surface area (Å²) in [6.45, 7) is 8.06. The van der Waals surface area contributed by atoms with Gasteiger partial charge in [-0.25, -0.2) is 0 Å². The van der Waals surface area contributed by atoms with Crippen molar-refractivity contribution in [1.82, 2.24) is 0 Å². The summed E-state index contributed by atoms with van der Waals surface area (Å²) >= 11 is 0. The highest BCUT2D eigenvalue weighted by molar-refractivity contribution is 6.25. The summed E-state index contributed by atoms with van der Waals surface area (Å²) in [5, 5.41) is 0. The van der Waals surface area contributed by atoms with Gasteiger partial charge in [-0.1, -0.05) is 20.8 Å². The molecule has 1 radical (unpaired) electrons. The molecule has 0 bridgehead atoms. The van der Waals surface area contributed by atoms with E-state index in [4.69, 9.17) is 0 Å². The van der Waals surface area contributed by atoms with Gasteiger partial charge in [-0.15, -0.1) is 0 Å². The van der Waals surface area contributed by atoms with Gasteiger partial charge in [0.25, 0.3) is 0 Å². The Morgan fingerprint density at radius 1 is 1.27 bits per heavy atom. The minimum Gasteiger partial charge on any atom is -0.399 e. The molecule has 0 aromatic carbocycles. The Morgan fingerprint density at radius 3 is 2.18 bits per heavy atom. The summed E-state index contributed by atoms with van der Waals surface area (Å²) in [5.74, 6) is 0.841. The van der Waals surface area contributed by atoms with Crippen molar-refractivity contribution >= 4 is 7.41 Å². The average molecular weight is 155 g/mol. The lowest BCUT2D eigenvalue weighted by molar-refractivity contribution is -0.783. The first-order valence-electron chi connectivity index (χ1n) is 4.69. The van der Waals surface area contributed by atoms with Crippen molar-refractivity contribution in [3.8, 4) is 0 Å². The predicted molar refractivity (Wildman–Crippen MR) is 52.7 cm³/mol. The molecule has 0 N–H and O–H groups in total. The van der Waals surface area contributed by atoms with E-state index in [1.807, 2.05) is 0 Å². The Kier molecular flexibility index (Phi) is 4.82. The van der Waals surface area contributed by atoms with Crippen LogP contribution in [0.1, 0.15) is 27.2 Å². The Balaban J connectivity index is 3.70. The predicted octanol–water partition coefficient (Wildman–Crippen LogP) is 2.17. The van der Waals surface area contributed by atoms with E-state index in [0.29, 0.717) is 0 Å². The Morgan fingerprint density at radius 2 is 1.82 bits per heavy atom. The SMILES string of the molecule is CC[B][N+](C)(C)CC(C)CC. The van der Waals surface area contributed by atoms with Gasteiger partial charge in [0.1, 0.15) is 0 Å². The summed E-state index contributed by atoms with van der Waals surface area (Å²) in [5.41, 5.74) is 0. The van der Waals surface area contributed by atoms with E-state index in [1.54, 1.807) is 0 Å². The highest BCUT2D eigenvalue weighted by Gasteiger charge is 2.19. The van der Waals surface area contributed by atoms with Gasteiger partial charge in [0, 0.05) is 20.0 Å². The highest BCUT2D eigenvalue weighted by Crippen LogP contribution is 2.07. The molecule has 1 unspecified atom stereocenters. The quantitative estimate of drug-likeness (QED) is 0.533. The summed E-state index contributed by atoms with van der Waals surface area (Å²) in [7, 11) is 6.91. The van der Waals surface area contributed by atoms with Crippen LogP contribution in [-0.4, -0.2) is 32.4 Å². The monoisotopic (exact) mass is 155 g/mol. The summed E-state index contributed by atoms with van der Waals surface area (Å²) in [6, 6.07) is 0. The van der Waals surface area contributed by atoms with E-state index in [9.17, 15) is 0 Å². The maximum atomic E-state index is 2.37. The molecule has 0 heterocycles. The second-order valence-electron chi connectivity index (χ2n) is 4.07. The zero-order chi connectivity index (χ0) is 8.91. The fraction of sp³-hybridized carbons (Fsp3) is 1.00. The summed E-state index contributed by atoms with van der Waals surface area (Å²) in [6.07, 6.45) is 2.46. The van der Waals surface area contributed by atoms with Crippen molar-refractivity contribution in [2.24, 2.45) is 5.92 Å². The first kappa shape index (κ1) is 11.0. The maximum absolute atomic E-state index is 2.37. The molecule has 0 saturated carbocycles. The van der Waals surface area contributed by atoms with Crippen molar-refractivity contribution < 1.29 is 4.39 Å². The van der Waals surface area contributed by atoms with E-state index in [-0.39, 0.29) is 0 Å². The third kappa shape index (κ3) is 5.31. The van der Waals surface area contributed by atoms with Gasteiger partial charge >= 0.3 is 7.41 Å². The van der Waals surface area contributed by atoms with Crippen LogP contribution in [0.4, 0.5) is 0 Å². The largest absolute Gasteiger partial charge is 0.445 e.